The molecule has 0 radical (unpaired) electrons. The average molecular weight is 381 g/mol. The highest BCUT2D eigenvalue weighted by molar-refractivity contribution is 5.76. The first-order chi connectivity index (χ1) is 13.4. The highest BCUT2D eigenvalue weighted by atomic mass is 19.4. The monoisotopic (exact) mass is 381 g/mol. The van der Waals surface area contributed by atoms with Gasteiger partial charge in [0.2, 0.25) is 0 Å². The summed E-state index contributed by atoms with van der Waals surface area (Å²) in [7, 11) is 0. The number of aromatic nitrogens is 2. The molecule has 0 unspecified atom stereocenters. The Hall–Kier alpha value is -3.28. The van der Waals surface area contributed by atoms with E-state index in [-0.39, 0.29) is 0 Å². The van der Waals surface area contributed by atoms with Gasteiger partial charge in [0.1, 0.15) is 17.2 Å². The minimum atomic E-state index is -4.36. The maximum absolute atomic E-state index is 12.9. The summed E-state index contributed by atoms with van der Waals surface area (Å²) in [6.07, 6.45) is -2.44. The first-order valence-electron chi connectivity index (χ1n) is 8.86. The molecule has 0 bridgehead atoms. The third-order valence-electron chi connectivity index (χ3n) is 4.57. The van der Waals surface area contributed by atoms with Crippen LogP contribution in [0.2, 0.25) is 0 Å². The summed E-state index contributed by atoms with van der Waals surface area (Å²) in [4.78, 5) is 4.67. The van der Waals surface area contributed by atoms with Crippen LogP contribution in [0.3, 0.4) is 0 Å². The van der Waals surface area contributed by atoms with Crippen molar-refractivity contribution in [3.8, 4) is 11.3 Å². The fourth-order valence-electron chi connectivity index (χ4n) is 3.12. The third kappa shape index (κ3) is 3.58. The average Bonchev–Trinajstić information content (AvgIpc) is 3.04. The molecule has 0 atom stereocenters. The van der Waals surface area contributed by atoms with Gasteiger partial charge in [0.15, 0.2) is 0 Å². The molecule has 0 spiro atoms. The molecule has 0 amide bonds. The summed E-state index contributed by atoms with van der Waals surface area (Å²) in [5.74, 6) is 0.749. The van der Waals surface area contributed by atoms with Gasteiger partial charge in [-0.25, -0.2) is 4.98 Å². The van der Waals surface area contributed by atoms with Crippen molar-refractivity contribution in [2.45, 2.75) is 19.6 Å². The van der Waals surface area contributed by atoms with Crippen LogP contribution < -0.4 is 5.32 Å². The number of rotatable bonds is 4. The number of aryl methyl sites for hydroxylation is 1. The molecule has 2 heterocycles. The largest absolute Gasteiger partial charge is 0.416 e. The first kappa shape index (κ1) is 18.1. The van der Waals surface area contributed by atoms with Crippen LogP contribution in [0.15, 0.2) is 72.9 Å². The summed E-state index contributed by atoms with van der Waals surface area (Å²) >= 11 is 0. The number of halogens is 3. The van der Waals surface area contributed by atoms with Gasteiger partial charge in [-0.2, -0.15) is 13.2 Å². The molecule has 0 aliphatic heterocycles. The van der Waals surface area contributed by atoms with E-state index in [0.717, 1.165) is 34.7 Å². The second kappa shape index (κ2) is 7.03. The summed E-state index contributed by atoms with van der Waals surface area (Å²) < 4.78 is 40.6. The van der Waals surface area contributed by atoms with E-state index >= 15 is 0 Å². The van der Waals surface area contributed by atoms with Crippen LogP contribution in [-0.2, 0) is 12.7 Å². The number of benzene rings is 2. The van der Waals surface area contributed by atoms with Crippen molar-refractivity contribution in [2.24, 2.45) is 0 Å². The number of pyridine rings is 1. The smallest absolute Gasteiger partial charge is 0.365 e. The van der Waals surface area contributed by atoms with Crippen LogP contribution in [0.5, 0.6) is 0 Å². The van der Waals surface area contributed by atoms with Crippen LogP contribution in [0.25, 0.3) is 16.9 Å². The Bertz CT molecular complexity index is 1100. The van der Waals surface area contributed by atoms with Gasteiger partial charge >= 0.3 is 6.18 Å². The zero-order valence-corrected chi connectivity index (χ0v) is 15.2. The van der Waals surface area contributed by atoms with Crippen LogP contribution >= 0.6 is 0 Å². The molecule has 142 valence electrons. The molecular weight excluding hydrogens is 363 g/mol. The number of anilines is 1. The number of hydrogen-bond donors (Lipinski definition) is 1. The SMILES string of the molecule is Cc1ccn2c(NCc3ccccc3)c(-c3ccc(C(F)(F)F)cc3)nc2c1. The molecule has 2 aromatic carbocycles. The van der Waals surface area contributed by atoms with E-state index < -0.39 is 11.7 Å². The van der Waals surface area contributed by atoms with E-state index in [1.807, 2.05) is 60.0 Å². The van der Waals surface area contributed by atoms with Gasteiger partial charge in [0, 0.05) is 18.3 Å². The lowest BCUT2D eigenvalue weighted by Crippen LogP contribution is -2.05. The molecule has 4 rings (SSSR count). The molecule has 0 saturated heterocycles. The predicted molar refractivity (Wildman–Crippen MR) is 104 cm³/mol. The minimum Gasteiger partial charge on any atom is -0.365 e. The van der Waals surface area contributed by atoms with Gasteiger partial charge in [-0.1, -0.05) is 42.5 Å². The predicted octanol–water partition coefficient (Wildman–Crippen LogP) is 5.94. The van der Waals surface area contributed by atoms with Crippen LogP contribution in [-0.4, -0.2) is 9.38 Å². The fraction of sp³-hybridized carbons (Fsp3) is 0.136. The minimum absolute atomic E-state index is 0.580. The Morgan fingerprint density at radius 2 is 1.68 bits per heavy atom. The Kier molecular flexibility index (Phi) is 4.55. The Balaban J connectivity index is 1.76. The lowest BCUT2D eigenvalue weighted by Gasteiger charge is -2.10. The quantitative estimate of drug-likeness (QED) is 0.474. The maximum atomic E-state index is 12.9. The van der Waals surface area contributed by atoms with Crippen molar-refractivity contribution in [1.82, 2.24) is 9.38 Å². The van der Waals surface area contributed by atoms with E-state index in [1.165, 1.54) is 12.1 Å². The second-order valence-electron chi connectivity index (χ2n) is 6.66. The third-order valence-corrected chi connectivity index (χ3v) is 4.57. The van der Waals surface area contributed by atoms with Crippen molar-refractivity contribution in [3.05, 3.63) is 89.6 Å². The van der Waals surface area contributed by atoms with Crippen LogP contribution in [0.4, 0.5) is 19.0 Å². The van der Waals surface area contributed by atoms with E-state index in [9.17, 15) is 13.2 Å². The van der Waals surface area contributed by atoms with E-state index in [4.69, 9.17) is 0 Å². The summed E-state index contributed by atoms with van der Waals surface area (Å²) in [5, 5.41) is 3.39. The highest BCUT2D eigenvalue weighted by Crippen LogP contribution is 2.33. The Labute approximate surface area is 160 Å². The molecule has 0 fully saturated rings. The van der Waals surface area contributed by atoms with Crippen molar-refractivity contribution in [3.63, 3.8) is 0 Å². The Morgan fingerprint density at radius 1 is 0.964 bits per heavy atom. The number of fused-ring (bicyclic) bond motifs is 1. The topological polar surface area (TPSA) is 29.3 Å². The van der Waals surface area contributed by atoms with Crippen molar-refractivity contribution < 1.29 is 13.2 Å². The molecule has 3 nitrogen and oxygen atoms in total. The molecule has 4 aromatic rings. The summed E-state index contributed by atoms with van der Waals surface area (Å²) in [5.41, 5.74) is 3.48. The lowest BCUT2D eigenvalue weighted by molar-refractivity contribution is -0.137. The molecule has 0 aliphatic carbocycles. The number of nitrogens with zero attached hydrogens (tertiary/aromatic N) is 2. The number of nitrogens with one attached hydrogen (secondary N) is 1. The zero-order chi connectivity index (χ0) is 19.7. The van der Waals surface area contributed by atoms with E-state index in [2.05, 4.69) is 10.3 Å². The molecule has 6 heteroatoms. The zero-order valence-electron chi connectivity index (χ0n) is 15.2. The van der Waals surface area contributed by atoms with E-state index in [1.54, 1.807) is 0 Å². The standard InChI is InChI=1S/C22H18F3N3/c1-15-11-12-28-19(13-15)27-20(17-7-9-18(10-8-17)22(23,24)25)21(28)26-14-16-5-3-2-4-6-16/h2-13,26H,14H2,1H3. The van der Waals surface area contributed by atoms with Crippen molar-refractivity contribution in [2.75, 3.05) is 5.32 Å². The van der Waals surface area contributed by atoms with Gasteiger partial charge in [0.25, 0.3) is 0 Å². The molecule has 28 heavy (non-hydrogen) atoms. The summed E-state index contributed by atoms with van der Waals surface area (Å²) in [6, 6.07) is 18.9. The second-order valence-corrected chi connectivity index (χ2v) is 6.66. The number of alkyl halides is 3. The number of hydrogen-bond acceptors (Lipinski definition) is 2. The molecule has 0 saturated carbocycles. The van der Waals surface area contributed by atoms with Crippen molar-refractivity contribution in [1.29, 1.82) is 0 Å². The fourth-order valence-corrected chi connectivity index (χ4v) is 3.12. The van der Waals surface area contributed by atoms with Crippen molar-refractivity contribution >= 4 is 11.5 Å². The highest BCUT2D eigenvalue weighted by Gasteiger charge is 2.30. The first-order valence-corrected chi connectivity index (χ1v) is 8.86. The normalized spacial score (nSPS) is 11.7. The van der Waals surface area contributed by atoms with Crippen LogP contribution in [0, 0.1) is 6.92 Å². The van der Waals surface area contributed by atoms with Crippen LogP contribution in [0.1, 0.15) is 16.7 Å². The van der Waals surface area contributed by atoms with Gasteiger partial charge in [0.05, 0.1) is 5.56 Å². The van der Waals surface area contributed by atoms with Gasteiger partial charge in [-0.15, -0.1) is 0 Å². The summed E-state index contributed by atoms with van der Waals surface area (Å²) in [6.45, 7) is 2.56. The molecular formula is C22H18F3N3. The molecule has 0 aliphatic rings. The molecule has 1 N–H and O–H groups in total. The number of imidazole rings is 1. The Morgan fingerprint density at radius 3 is 2.36 bits per heavy atom. The van der Waals surface area contributed by atoms with Gasteiger partial charge < -0.3 is 5.32 Å². The maximum Gasteiger partial charge on any atom is 0.416 e. The van der Waals surface area contributed by atoms with Gasteiger partial charge in [-0.3, -0.25) is 4.40 Å². The lowest BCUT2D eigenvalue weighted by atomic mass is 10.1. The van der Waals surface area contributed by atoms with Gasteiger partial charge in [-0.05, 0) is 42.3 Å². The van der Waals surface area contributed by atoms with E-state index in [0.29, 0.717) is 17.8 Å². The molecule has 2 aromatic heterocycles.